The minimum Gasteiger partial charge on any atom is -0.465 e. The van der Waals surface area contributed by atoms with Crippen LogP contribution in [0.1, 0.15) is 36.5 Å². The second-order valence-corrected chi connectivity index (χ2v) is 6.32. The first-order chi connectivity index (χ1) is 10.6. The lowest BCUT2D eigenvalue weighted by molar-refractivity contribution is 0.0601. The minimum absolute atomic E-state index is 0.362. The molecule has 0 aliphatic carbocycles. The van der Waals surface area contributed by atoms with Gasteiger partial charge in [0.2, 0.25) is 0 Å². The summed E-state index contributed by atoms with van der Waals surface area (Å²) >= 11 is 3.53. The number of methoxy groups -OCH3 is 1. The summed E-state index contributed by atoms with van der Waals surface area (Å²) in [6.07, 6.45) is 3.58. The van der Waals surface area contributed by atoms with Crippen LogP contribution in [0.3, 0.4) is 0 Å². The predicted octanol–water partition coefficient (Wildman–Crippen LogP) is 3.56. The van der Waals surface area contributed by atoms with Crippen molar-refractivity contribution in [2.24, 2.45) is 0 Å². The number of nitrogens with zero attached hydrogens (tertiary/aromatic N) is 3. The first kappa shape index (κ1) is 15.2. The van der Waals surface area contributed by atoms with E-state index in [1.54, 1.807) is 18.2 Å². The predicted molar refractivity (Wildman–Crippen MR) is 89.2 cm³/mol. The van der Waals surface area contributed by atoms with E-state index in [1.165, 1.54) is 20.0 Å². The molecule has 1 unspecified atom stereocenters. The van der Waals surface area contributed by atoms with E-state index in [0.717, 1.165) is 28.9 Å². The van der Waals surface area contributed by atoms with Gasteiger partial charge in [-0.05, 0) is 60.3 Å². The topological polar surface area (TPSA) is 55.3 Å². The lowest BCUT2D eigenvalue weighted by atomic mass is 10.0. The van der Waals surface area contributed by atoms with Gasteiger partial charge in [-0.3, -0.25) is 0 Å². The fraction of sp³-hybridized carbons (Fsp3) is 0.438. The van der Waals surface area contributed by atoms with Crippen molar-refractivity contribution in [3.05, 3.63) is 28.4 Å². The number of carbonyl (C=O) groups excluding carboxylic acids is 1. The fourth-order valence-corrected chi connectivity index (χ4v) is 3.37. The molecule has 1 aromatic heterocycles. The molecule has 3 rings (SSSR count). The van der Waals surface area contributed by atoms with E-state index in [0.29, 0.717) is 17.1 Å². The van der Waals surface area contributed by atoms with Crippen LogP contribution >= 0.6 is 15.9 Å². The number of ether oxygens (including phenoxy) is 1. The SMILES string of the molecule is COC(=O)c1ccc2nc(Br)c(N3CCCCC3C)nc2c1. The van der Waals surface area contributed by atoms with Gasteiger partial charge in [-0.15, -0.1) is 0 Å². The number of hydrogen-bond acceptors (Lipinski definition) is 5. The van der Waals surface area contributed by atoms with Gasteiger partial charge in [-0.25, -0.2) is 14.8 Å². The summed E-state index contributed by atoms with van der Waals surface area (Å²) in [7, 11) is 1.38. The highest BCUT2D eigenvalue weighted by atomic mass is 79.9. The van der Waals surface area contributed by atoms with E-state index >= 15 is 0 Å². The Labute approximate surface area is 137 Å². The van der Waals surface area contributed by atoms with Crippen molar-refractivity contribution in [1.29, 1.82) is 0 Å². The van der Waals surface area contributed by atoms with Crippen molar-refractivity contribution in [1.82, 2.24) is 9.97 Å². The van der Waals surface area contributed by atoms with Crippen LogP contribution in [0.4, 0.5) is 5.82 Å². The zero-order chi connectivity index (χ0) is 15.7. The Bertz CT molecular complexity index is 720. The van der Waals surface area contributed by atoms with Gasteiger partial charge in [-0.2, -0.15) is 0 Å². The molecule has 1 atom stereocenters. The lowest BCUT2D eigenvalue weighted by Gasteiger charge is -2.34. The number of benzene rings is 1. The van der Waals surface area contributed by atoms with Crippen molar-refractivity contribution in [3.63, 3.8) is 0 Å². The van der Waals surface area contributed by atoms with Gasteiger partial charge in [0, 0.05) is 12.6 Å². The molecule has 0 N–H and O–H groups in total. The molecule has 6 heteroatoms. The Kier molecular flexibility index (Phi) is 4.29. The zero-order valence-corrected chi connectivity index (χ0v) is 14.3. The standard InChI is InChI=1S/C16H18BrN3O2/c1-10-5-3-4-8-20(10)15-14(17)18-12-7-6-11(16(21)22-2)9-13(12)19-15/h6-7,9-10H,3-5,8H2,1-2H3. The quantitative estimate of drug-likeness (QED) is 0.763. The van der Waals surface area contributed by atoms with Crippen molar-refractivity contribution in [3.8, 4) is 0 Å². The highest BCUT2D eigenvalue weighted by molar-refractivity contribution is 9.10. The van der Waals surface area contributed by atoms with E-state index in [2.05, 4.69) is 32.7 Å². The summed E-state index contributed by atoms with van der Waals surface area (Å²) < 4.78 is 5.52. The van der Waals surface area contributed by atoms with Gasteiger partial charge < -0.3 is 9.64 Å². The summed E-state index contributed by atoms with van der Waals surface area (Å²) in [5.41, 5.74) is 1.95. The number of rotatable bonds is 2. The van der Waals surface area contributed by atoms with E-state index in [1.807, 2.05) is 0 Å². The Hall–Kier alpha value is -1.69. The Morgan fingerprint density at radius 1 is 1.32 bits per heavy atom. The lowest BCUT2D eigenvalue weighted by Crippen LogP contribution is -2.38. The number of anilines is 1. The normalized spacial score (nSPS) is 18.5. The molecule has 5 nitrogen and oxygen atoms in total. The number of esters is 1. The van der Waals surface area contributed by atoms with Crippen LogP contribution in [0, 0.1) is 0 Å². The van der Waals surface area contributed by atoms with Crippen LogP contribution in [0.5, 0.6) is 0 Å². The number of fused-ring (bicyclic) bond motifs is 1. The van der Waals surface area contributed by atoms with Crippen LogP contribution in [0.15, 0.2) is 22.8 Å². The summed E-state index contributed by atoms with van der Waals surface area (Å²) in [4.78, 5) is 23.3. The molecule has 0 saturated carbocycles. The number of carbonyl (C=O) groups is 1. The number of hydrogen-bond donors (Lipinski definition) is 0. The molecular formula is C16H18BrN3O2. The average molecular weight is 364 g/mol. The van der Waals surface area contributed by atoms with E-state index in [-0.39, 0.29) is 5.97 Å². The summed E-state index contributed by atoms with van der Waals surface area (Å²) in [5, 5.41) is 0. The van der Waals surface area contributed by atoms with Gasteiger partial charge in [0.05, 0.1) is 23.7 Å². The summed E-state index contributed by atoms with van der Waals surface area (Å²) in [6.45, 7) is 3.19. The van der Waals surface area contributed by atoms with Gasteiger partial charge in [0.1, 0.15) is 4.60 Å². The Balaban J connectivity index is 2.06. The molecule has 22 heavy (non-hydrogen) atoms. The van der Waals surface area contributed by atoms with Crippen LogP contribution < -0.4 is 4.90 Å². The van der Waals surface area contributed by atoms with E-state index < -0.39 is 0 Å². The molecule has 0 radical (unpaired) electrons. The van der Waals surface area contributed by atoms with Gasteiger partial charge in [0.25, 0.3) is 0 Å². The third-order valence-corrected chi connectivity index (χ3v) is 4.63. The molecule has 1 saturated heterocycles. The molecule has 0 spiro atoms. The Morgan fingerprint density at radius 2 is 2.14 bits per heavy atom. The van der Waals surface area contributed by atoms with Crippen LogP contribution in [-0.4, -0.2) is 35.6 Å². The maximum Gasteiger partial charge on any atom is 0.337 e. The van der Waals surface area contributed by atoms with E-state index in [9.17, 15) is 4.79 Å². The molecule has 1 aromatic carbocycles. The number of piperidine rings is 1. The third-order valence-electron chi connectivity index (χ3n) is 4.10. The van der Waals surface area contributed by atoms with Gasteiger partial charge in [-0.1, -0.05) is 0 Å². The summed E-state index contributed by atoms with van der Waals surface area (Å²) in [5.74, 6) is 0.487. The number of halogens is 1. The molecule has 116 valence electrons. The molecule has 0 bridgehead atoms. The van der Waals surface area contributed by atoms with Crippen molar-refractivity contribution < 1.29 is 9.53 Å². The fourth-order valence-electron chi connectivity index (χ4n) is 2.86. The first-order valence-electron chi connectivity index (χ1n) is 7.42. The largest absolute Gasteiger partial charge is 0.465 e. The highest BCUT2D eigenvalue weighted by Crippen LogP contribution is 2.30. The van der Waals surface area contributed by atoms with Gasteiger partial charge in [0.15, 0.2) is 5.82 Å². The Morgan fingerprint density at radius 3 is 2.86 bits per heavy atom. The van der Waals surface area contributed by atoms with Crippen molar-refractivity contribution in [2.75, 3.05) is 18.6 Å². The smallest absolute Gasteiger partial charge is 0.337 e. The summed E-state index contributed by atoms with van der Waals surface area (Å²) in [6, 6.07) is 5.68. The van der Waals surface area contributed by atoms with Crippen LogP contribution in [-0.2, 0) is 4.74 Å². The number of aromatic nitrogens is 2. The van der Waals surface area contributed by atoms with Crippen molar-refractivity contribution >= 4 is 38.8 Å². The molecule has 2 aromatic rings. The molecule has 1 aliphatic rings. The average Bonchev–Trinajstić information content (AvgIpc) is 2.54. The molecule has 1 fully saturated rings. The molecular weight excluding hydrogens is 346 g/mol. The molecule has 1 aliphatic heterocycles. The zero-order valence-electron chi connectivity index (χ0n) is 12.7. The van der Waals surface area contributed by atoms with Crippen LogP contribution in [0.25, 0.3) is 11.0 Å². The molecule has 2 heterocycles. The van der Waals surface area contributed by atoms with Crippen molar-refractivity contribution in [2.45, 2.75) is 32.2 Å². The van der Waals surface area contributed by atoms with Crippen LogP contribution in [0.2, 0.25) is 0 Å². The maximum absolute atomic E-state index is 11.7. The van der Waals surface area contributed by atoms with Gasteiger partial charge >= 0.3 is 5.97 Å². The third kappa shape index (κ3) is 2.79. The molecule has 0 amide bonds. The van der Waals surface area contributed by atoms with E-state index in [4.69, 9.17) is 9.72 Å². The highest BCUT2D eigenvalue weighted by Gasteiger charge is 2.23. The monoisotopic (exact) mass is 363 g/mol. The second kappa shape index (κ2) is 6.20. The maximum atomic E-state index is 11.7. The first-order valence-corrected chi connectivity index (χ1v) is 8.21. The minimum atomic E-state index is -0.362. The second-order valence-electron chi connectivity index (χ2n) is 5.57.